The van der Waals surface area contributed by atoms with Crippen LogP contribution in [-0.2, 0) is 24.7 Å². The summed E-state index contributed by atoms with van der Waals surface area (Å²) in [4.78, 5) is 16.7. The molecule has 1 aliphatic carbocycles. The zero-order chi connectivity index (χ0) is 21.6. The Morgan fingerprint density at radius 2 is 1.83 bits per heavy atom. The summed E-state index contributed by atoms with van der Waals surface area (Å²) in [5.74, 6) is -2.12. The van der Waals surface area contributed by atoms with Crippen LogP contribution in [-0.4, -0.2) is 15.3 Å². The summed E-state index contributed by atoms with van der Waals surface area (Å²) in [6.45, 7) is 9.41. The van der Waals surface area contributed by atoms with Crippen molar-refractivity contribution >= 4 is 5.91 Å². The molecule has 3 rings (SSSR count). The Balaban J connectivity index is 2.13. The van der Waals surface area contributed by atoms with Gasteiger partial charge in [-0.1, -0.05) is 26.8 Å². The second-order valence-electron chi connectivity index (χ2n) is 8.46. The lowest BCUT2D eigenvalue weighted by molar-refractivity contribution is -0.140. The molecule has 0 spiro atoms. The van der Waals surface area contributed by atoms with Gasteiger partial charge in [0.05, 0.1) is 11.1 Å². The lowest BCUT2D eigenvalue weighted by Gasteiger charge is -2.22. The van der Waals surface area contributed by atoms with Crippen molar-refractivity contribution in [2.24, 2.45) is 10.9 Å². The molecule has 0 N–H and O–H groups in total. The molecule has 0 atom stereocenters. The maximum atomic E-state index is 14.4. The van der Waals surface area contributed by atoms with Gasteiger partial charge in [0.15, 0.2) is 5.49 Å². The summed E-state index contributed by atoms with van der Waals surface area (Å²) in [6.07, 6.45) is -2.71. The summed E-state index contributed by atoms with van der Waals surface area (Å²) in [6, 6.07) is 4.44. The molecule has 8 heteroatoms. The summed E-state index contributed by atoms with van der Waals surface area (Å²) >= 11 is 0. The summed E-state index contributed by atoms with van der Waals surface area (Å²) in [7, 11) is 0. The number of amides is 1. The van der Waals surface area contributed by atoms with Crippen molar-refractivity contribution in [1.29, 1.82) is 0 Å². The largest absolute Gasteiger partial charge is 0.419 e. The number of alkyl halides is 3. The van der Waals surface area contributed by atoms with E-state index in [9.17, 15) is 22.4 Å². The normalized spacial score (nSPS) is 15.8. The Morgan fingerprint density at radius 3 is 2.34 bits per heavy atom. The summed E-state index contributed by atoms with van der Waals surface area (Å²) in [5, 5.41) is 0. The van der Waals surface area contributed by atoms with Crippen LogP contribution in [0.2, 0.25) is 0 Å². The number of carbonyl (C=O) groups is 1. The monoisotopic (exact) mass is 411 g/mol. The van der Waals surface area contributed by atoms with Crippen LogP contribution in [0.1, 0.15) is 62.2 Å². The first kappa shape index (κ1) is 21.3. The molecule has 0 aliphatic heterocycles. The number of rotatable bonds is 4. The van der Waals surface area contributed by atoms with E-state index < -0.39 is 29.0 Å². The van der Waals surface area contributed by atoms with Crippen molar-refractivity contribution in [2.45, 2.75) is 65.2 Å². The van der Waals surface area contributed by atoms with Gasteiger partial charge in [-0.3, -0.25) is 14.2 Å². The molecule has 1 heterocycles. The van der Waals surface area contributed by atoms with Crippen LogP contribution in [0.25, 0.3) is 0 Å². The van der Waals surface area contributed by atoms with Gasteiger partial charge in [0, 0.05) is 30.3 Å². The van der Waals surface area contributed by atoms with Gasteiger partial charge in [0.1, 0.15) is 5.82 Å². The highest BCUT2D eigenvalue weighted by atomic mass is 19.4. The zero-order valence-electron chi connectivity index (χ0n) is 17.0. The third kappa shape index (κ3) is 4.46. The first-order valence-electron chi connectivity index (χ1n) is 9.69. The van der Waals surface area contributed by atoms with Crippen LogP contribution >= 0.6 is 0 Å². The van der Waals surface area contributed by atoms with E-state index >= 15 is 0 Å². The predicted molar refractivity (Wildman–Crippen MR) is 101 cm³/mol. The number of benzene rings is 1. The predicted octanol–water partition coefficient (Wildman–Crippen LogP) is 4.92. The molecular formula is C21H25F4N3O. The molecule has 1 amide bonds. The lowest BCUT2D eigenvalue weighted by atomic mass is 9.92. The van der Waals surface area contributed by atoms with E-state index in [1.165, 1.54) is 0 Å². The Labute approximate surface area is 166 Å². The van der Waals surface area contributed by atoms with E-state index in [0.717, 1.165) is 30.7 Å². The number of nitrogens with zero attached hydrogens (tertiary/aromatic N) is 3. The number of carbonyl (C=O) groups excluding carboxylic acids is 1. The highest BCUT2D eigenvalue weighted by Crippen LogP contribution is 2.33. The van der Waals surface area contributed by atoms with E-state index in [2.05, 4.69) is 4.99 Å². The number of hydrogen-bond donors (Lipinski definition) is 0. The molecule has 0 unspecified atom stereocenters. The van der Waals surface area contributed by atoms with Crippen LogP contribution < -0.4 is 5.49 Å². The Morgan fingerprint density at radius 1 is 1.17 bits per heavy atom. The van der Waals surface area contributed by atoms with E-state index in [4.69, 9.17) is 0 Å². The minimum absolute atomic E-state index is 0.223. The fraction of sp³-hybridized carbons (Fsp3) is 0.524. The second kappa shape index (κ2) is 7.46. The number of aromatic nitrogens is 2. The van der Waals surface area contributed by atoms with Crippen LogP contribution in [0.3, 0.4) is 0 Å². The molecule has 1 saturated carbocycles. The van der Waals surface area contributed by atoms with Gasteiger partial charge in [-0.15, -0.1) is 0 Å². The fourth-order valence-electron chi connectivity index (χ4n) is 3.38. The number of hydrogen-bond acceptors (Lipinski definition) is 1. The van der Waals surface area contributed by atoms with Gasteiger partial charge in [-0.25, -0.2) is 4.39 Å². The van der Waals surface area contributed by atoms with Crippen molar-refractivity contribution in [3.8, 4) is 0 Å². The minimum Gasteiger partial charge on any atom is -0.288 e. The van der Waals surface area contributed by atoms with Gasteiger partial charge >= 0.3 is 6.18 Å². The van der Waals surface area contributed by atoms with Gasteiger partial charge in [0.2, 0.25) is 0 Å². The molecule has 29 heavy (non-hydrogen) atoms. The van der Waals surface area contributed by atoms with Crippen molar-refractivity contribution in [3.63, 3.8) is 0 Å². The molecule has 4 nitrogen and oxygen atoms in total. The highest BCUT2D eigenvalue weighted by molar-refractivity contribution is 5.95. The Hall–Kier alpha value is -2.38. The molecule has 1 aliphatic rings. The maximum Gasteiger partial charge on any atom is 0.419 e. The smallest absolute Gasteiger partial charge is 0.288 e. The van der Waals surface area contributed by atoms with Crippen LogP contribution in [0.5, 0.6) is 0 Å². The SMILES string of the molecule is CCn1c(C(C)(C)C)cc(=NC(=O)c2cccc(C(F)(F)F)c2F)n1CC1CC1. The maximum absolute atomic E-state index is 14.4. The topological polar surface area (TPSA) is 39.3 Å². The van der Waals surface area contributed by atoms with Gasteiger partial charge in [-0.2, -0.15) is 18.2 Å². The number of halogens is 4. The van der Waals surface area contributed by atoms with E-state index in [0.29, 0.717) is 30.6 Å². The quantitative estimate of drug-likeness (QED) is 0.659. The van der Waals surface area contributed by atoms with E-state index in [1.807, 2.05) is 37.1 Å². The van der Waals surface area contributed by atoms with E-state index in [1.54, 1.807) is 6.07 Å². The van der Waals surface area contributed by atoms with Crippen molar-refractivity contribution in [3.05, 3.63) is 52.4 Å². The molecule has 1 aromatic carbocycles. The Kier molecular flexibility index (Phi) is 5.49. The first-order chi connectivity index (χ1) is 13.4. The summed E-state index contributed by atoms with van der Waals surface area (Å²) in [5.41, 5.74) is -1.08. The van der Waals surface area contributed by atoms with Gasteiger partial charge < -0.3 is 0 Å². The molecule has 1 aromatic heterocycles. The Bertz CT molecular complexity index is 989. The molecule has 0 bridgehead atoms. The molecule has 1 fully saturated rings. The first-order valence-corrected chi connectivity index (χ1v) is 9.69. The zero-order valence-corrected chi connectivity index (χ0v) is 17.0. The van der Waals surface area contributed by atoms with Crippen LogP contribution in [0.4, 0.5) is 17.6 Å². The highest BCUT2D eigenvalue weighted by Gasteiger charge is 2.35. The molecule has 2 aromatic rings. The second-order valence-corrected chi connectivity index (χ2v) is 8.46. The average Bonchev–Trinajstić information content (AvgIpc) is 3.35. The van der Waals surface area contributed by atoms with E-state index in [-0.39, 0.29) is 5.41 Å². The van der Waals surface area contributed by atoms with Crippen LogP contribution in [0.15, 0.2) is 29.3 Å². The van der Waals surface area contributed by atoms with Crippen LogP contribution in [0, 0.1) is 11.7 Å². The van der Waals surface area contributed by atoms with Gasteiger partial charge in [-0.05, 0) is 37.8 Å². The molecule has 158 valence electrons. The van der Waals surface area contributed by atoms with Crippen molar-refractivity contribution < 1.29 is 22.4 Å². The van der Waals surface area contributed by atoms with Crippen molar-refractivity contribution in [1.82, 2.24) is 9.36 Å². The third-order valence-electron chi connectivity index (χ3n) is 5.05. The lowest BCUT2D eigenvalue weighted by Crippen LogP contribution is -2.27. The standard InChI is InChI=1S/C21H25F4N3O/c1-5-27-16(20(2,3)4)11-17(28(27)12-13-9-10-13)26-19(29)14-7-6-8-15(18(14)22)21(23,24)25/h6-8,11,13H,5,9-10,12H2,1-4H3. The fourth-order valence-corrected chi connectivity index (χ4v) is 3.38. The van der Waals surface area contributed by atoms with Gasteiger partial charge in [0.25, 0.3) is 5.91 Å². The molecular weight excluding hydrogens is 386 g/mol. The molecule has 0 saturated heterocycles. The van der Waals surface area contributed by atoms with Crippen molar-refractivity contribution in [2.75, 3.05) is 0 Å². The minimum atomic E-state index is -4.88. The molecule has 0 radical (unpaired) electrons. The third-order valence-corrected chi connectivity index (χ3v) is 5.05. The summed E-state index contributed by atoms with van der Waals surface area (Å²) < 4.78 is 57.2. The average molecular weight is 411 g/mol.